The second-order valence-corrected chi connectivity index (χ2v) is 7.12. The molecule has 0 aliphatic carbocycles. The van der Waals surface area contributed by atoms with Gasteiger partial charge in [0.2, 0.25) is 11.8 Å². The Balaban J connectivity index is 0.00000208. The van der Waals surface area contributed by atoms with Crippen LogP contribution in [0.5, 0.6) is 0 Å². The Morgan fingerprint density at radius 2 is 2.00 bits per heavy atom. The minimum atomic E-state index is 0. The molecule has 2 aliphatic heterocycles. The third-order valence-electron chi connectivity index (χ3n) is 4.58. The van der Waals surface area contributed by atoms with Gasteiger partial charge in [0.25, 0.3) is 0 Å². The smallest absolute Gasteiger partial charge is 0.236 e. The Morgan fingerprint density at radius 3 is 2.71 bits per heavy atom. The van der Waals surface area contributed by atoms with Crippen molar-refractivity contribution in [3.05, 3.63) is 34.3 Å². The molecule has 0 spiro atoms. The van der Waals surface area contributed by atoms with Crippen LogP contribution in [0.1, 0.15) is 18.4 Å². The van der Waals surface area contributed by atoms with Crippen molar-refractivity contribution in [1.29, 1.82) is 0 Å². The van der Waals surface area contributed by atoms with Gasteiger partial charge in [0, 0.05) is 36.7 Å². The van der Waals surface area contributed by atoms with Crippen LogP contribution in [0.4, 0.5) is 0 Å². The summed E-state index contributed by atoms with van der Waals surface area (Å²) in [6, 6.07) is 8.04. The number of benzene rings is 1. The molecule has 24 heavy (non-hydrogen) atoms. The van der Waals surface area contributed by atoms with Crippen LogP contribution in [0.2, 0.25) is 0 Å². The molecule has 1 unspecified atom stereocenters. The average molecular weight is 417 g/mol. The van der Waals surface area contributed by atoms with Crippen LogP contribution in [-0.2, 0) is 16.0 Å². The maximum Gasteiger partial charge on any atom is 0.236 e. The number of rotatable bonds is 3. The number of hydrogen-bond donors (Lipinski definition) is 1. The molecular weight excluding hydrogens is 394 g/mol. The predicted molar refractivity (Wildman–Crippen MR) is 99.3 cm³/mol. The standard InChI is InChI=1S/C17H22BrN3O2.ClH/c18-14-5-3-13(4-6-14)10-16(22)20-8-1-2-15(12-20)21-9-7-19-11-17(21)23;/h3-6,15,19H,1-2,7-12H2;1H. The summed E-state index contributed by atoms with van der Waals surface area (Å²) < 4.78 is 1.02. The van der Waals surface area contributed by atoms with Crippen molar-refractivity contribution in [2.45, 2.75) is 25.3 Å². The van der Waals surface area contributed by atoms with Crippen LogP contribution in [0.3, 0.4) is 0 Å². The van der Waals surface area contributed by atoms with Gasteiger partial charge in [0.1, 0.15) is 0 Å². The summed E-state index contributed by atoms with van der Waals surface area (Å²) in [4.78, 5) is 28.5. The van der Waals surface area contributed by atoms with Gasteiger partial charge in [-0.15, -0.1) is 12.4 Å². The number of hydrogen-bond acceptors (Lipinski definition) is 3. The van der Waals surface area contributed by atoms with Crippen molar-refractivity contribution in [3.8, 4) is 0 Å². The van der Waals surface area contributed by atoms with E-state index in [-0.39, 0.29) is 30.3 Å². The number of likely N-dealkylation sites (tertiary alicyclic amines) is 1. The molecule has 1 N–H and O–H groups in total. The summed E-state index contributed by atoms with van der Waals surface area (Å²) in [7, 11) is 0. The quantitative estimate of drug-likeness (QED) is 0.818. The number of piperidine rings is 1. The fourth-order valence-electron chi connectivity index (χ4n) is 3.33. The highest BCUT2D eigenvalue weighted by molar-refractivity contribution is 9.10. The number of nitrogens with zero attached hydrogens (tertiary/aromatic N) is 2. The molecular formula is C17H23BrClN3O2. The number of piperazine rings is 1. The number of halogens is 2. The van der Waals surface area contributed by atoms with Gasteiger partial charge in [0.05, 0.1) is 13.0 Å². The SMILES string of the molecule is Cl.O=C(Cc1ccc(Br)cc1)N1CCCC(N2CCNCC2=O)C1. The maximum atomic E-state index is 12.6. The van der Waals surface area contributed by atoms with E-state index in [0.717, 1.165) is 42.5 Å². The van der Waals surface area contributed by atoms with Crippen LogP contribution in [0, 0.1) is 0 Å². The van der Waals surface area contributed by atoms with E-state index in [1.165, 1.54) is 0 Å². The summed E-state index contributed by atoms with van der Waals surface area (Å²) in [5.74, 6) is 0.308. The van der Waals surface area contributed by atoms with Gasteiger partial charge in [0.15, 0.2) is 0 Å². The second kappa shape index (κ2) is 8.83. The zero-order valence-corrected chi connectivity index (χ0v) is 15.9. The molecule has 7 heteroatoms. The number of nitrogens with one attached hydrogen (secondary N) is 1. The van der Waals surface area contributed by atoms with E-state index in [1.54, 1.807) is 0 Å². The van der Waals surface area contributed by atoms with E-state index in [2.05, 4.69) is 21.2 Å². The van der Waals surface area contributed by atoms with E-state index in [4.69, 9.17) is 0 Å². The lowest BCUT2D eigenvalue weighted by Gasteiger charge is -2.41. The number of amides is 2. The fraction of sp³-hybridized carbons (Fsp3) is 0.529. The van der Waals surface area contributed by atoms with Crippen LogP contribution in [-0.4, -0.2) is 60.4 Å². The molecule has 0 saturated carbocycles. The van der Waals surface area contributed by atoms with Crippen molar-refractivity contribution >= 4 is 40.2 Å². The zero-order chi connectivity index (χ0) is 16.2. The Kier molecular flexibility index (Phi) is 7.07. The fourth-order valence-corrected chi connectivity index (χ4v) is 3.60. The minimum Gasteiger partial charge on any atom is -0.340 e. The number of carbonyl (C=O) groups is 2. The Labute approximate surface area is 157 Å². The number of carbonyl (C=O) groups excluding carboxylic acids is 2. The van der Waals surface area contributed by atoms with Crippen molar-refractivity contribution < 1.29 is 9.59 Å². The molecule has 0 radical (unpaired) electrons. The third kappa shape index (κ3) is 4.71. The molecule has 1 aromatic rings. The summed E-state index contributed by atoms with van der Waals surface area (Å²) in [5.41, 5.74) is 1.03. The van der Waals surface area contributed by atoms with E-state index >= 15 is 0 Å². The summed E-state index contributed by atoms with van der Waals surface area (Å²) >= 11 is 3.41. The molecule has 0 aromatic heterocycles. The first-order chi connectivity index (χ1) is 11.1. The van der Waals surface area contributed by atoms with Crippen molar-refractivity contribution in [2.75, 3.05) is 32.7 Å². The average Bonchev–Trinajstić information content (AvgIpc) is 2.57. The highest BCUT2D eigenvalue weighted by atomic mass is 79.9. The van der Waals surface area contributed by atoms with Gasteiger partial charge in [-0.05, 0) is 30.5 Å². The predicted octanol–water partition coefficient (Wildman–Crippen LogP) is 1.84. The van der Waals surface area contributed by atoms with Crippen LogP contribution < -0.4 is 5.32 Å². The first-order valence-electron chi connectivity index (χ1n) is 8.16. The summed E-state index contributed by atoms with van der Waals surface area (Å²) in [6.07, 6.45) is 2.39. The van der Waals surface area contributed by atoms with E-state index in [1.807, 2.05) is 34.1 Å². The molecule has 2 fully saturated rings. The largest absolute Gasteiger partial charge is 0.340 e. The Bertz CT molecular complexity index is 582. The Hall–Kier alpha value is -1.11. The van der Waals surface area contributed by atoms with E-state index in [9.17, 15) is 9.59 Å². The van der Waals surface area contributed by atoms with Crippen molar-refractivity contribution in [1.82, 2.24) is 15.1 Å². The molecule has 1 atom stereocenters. The van der Waals surface area contributed by atoms with Crippen LogP contribution in [0.25, 0.3) is 0 Å². The van der Waals surface area contributed by atoms with Gasteiger partial charge < -0.3 is 15.1 Å². The highest BCUT2D eigenvalue weighted by Gasteiger charge is 2.31. The van der Waals surface area contributed by atoms with Gasteiger partial charge in [-0.3, -0.25) is 9.59 Å². The van der Waals surface area contributed by atoms with Crippen LogP contribution >= 0.6 is 28.3 Å². The molecule has 0 bridgehead atoms. The molecule has 2 amide bonds. The highest BCUT2D eigenvalue weighted by Crippen LogP contribution is 2.18. The third-order valence-corrected chi connectivity index (χ3v) is 5.11. The maximum absolute atomic E-state index is 12.6. The molecule has 5 nitrogen and oxygen atoms in total. The minimum absolute atomic E-state index is 0. The molecule has 2 saturated heterocycles. The van der Waals surface area contributed by atoms with Gasteiger partial charge in [-0.1, -0.05) is 28.1 Å². The molecule has 1 aromatic carbocycles. The van der Waals surface area contributed by atoms with E-state index < -0.39 is 0 Å². The first-order valence-corrected chi connectivity index (χ1v) is 8.95. The Morgan fingerprint density at radius 1 is 1.25 bits per heavy atom. The summed E-state index contributed by atoms with van der Waals surface area (Å²) in [5, 5.41) is 3.10. The topological polar surface area (TPSA) is 52.7 Å². The normalized spacial score (nSPS) is 21.4. The monoisotopic (exact) mass is 415 g/mol. The van der Waals surface area contributed by atoms with Crippen LogP contribution in [0.15, 0.2) is 28.7 Å². The van der Waals surface area contributed by atoms with Gasteiger partial charge >= 0.3 is 0 Å². The first kappa shape index (κ1) is 19.2. The van der Waals surface area contributed by atoms with Gasteiger partial charge in [-0.2, -0.15) is 0 Å². The molecule has 132 valence electrons. The molecule has 2 heterocycles. The zero-order valence-electron chi connectivity index (χ0n) is 13.5. The van der Waals surface area contributed by atoms with Crippen molar-refractivity contribution in [2.24, 2.45) is 0 Å². The molecule has 3 rings (SSSR count). The van der Waals surface area contributed by atoms with E-state index in [0.29, 0.717) is 19.5 Å². The van der Waals surface area contributed by atoms with Gasteiger partial charge in [-0.25, -0.2) is 0 Å². The summed E-state index contributed by atoms with van der Waals surface area (Å²) in [6.45, 7) is 3.48. The lowest BCUT2D eigenvalue weighted by molar-refractivity contribution is -0.140. The van der Waals surface area contributed by atoms with Crippen molar-refractivity contribution in [3.63, 3.8) is 0 Å². The lowest BCUT2D eigenvalue weighted by atomic mass is 10.0. The second-order valence-electron chi connectivity index (χ2n) is 6.20. The molecule has 2 aliphatic rings. The lowest BCUT2D eigenvalue weighted by Crippen LogP contribution is -2.57.